The summed E-state index contributed by atoms with van der Waals surface area (Å²) >= 11 is 5.75. The van der Waals surface area contributed by atoms with Crippen molar-refractivity contribution in [1.29, 1.82) is 0 Å². The zero-order valence-corrected chi connectivity index (χ0v) is 10.9. The first-order chi connectivity index (χ1) is 7.40. The molecule has 1 aromatic heterocycles. The van der Waals surface area contributed by atoms with Crippen molar-refractivity contribution in [3.63, 3.8) is 0 Å². The lowest BCUT2D eigenvalue weighted by molar-refractivity contribution is -0.122. The minimum Gasteiger partial charge on any atom is -0.323 e. The van der Waals surface area contributed by atoms with Gasteiger partial charge >= 0.3 is 0 Å². The van der Waals surface area contributed by atoms with E-state index in [1.165, 1.54) is 0 Å². The van der Waals surface area contributed by atoms with E-state index in [4.69, 9.17) is 11.6 Å². The molecule has 0 bridgehead atoms. The van der Waals surface area contributed by atoms with Crippen LogP contribution in [0.5, 0.6) is 0 Å². The van der Waals surface area contributed by atoms with Crippen molar-refractivity contribution in [2.24, 2.45) is 12.5 Å². The first kappa shape index (κ1) is 13.0. The highest BCUT2D eigenvalue weighted by molar-refractivity contribution is 6.20. The average Bonchev–Trinajstić information content (AvgIpc) is 2.58. The zero-order chi connectivity index (χ0) is 12.3. The quantitative estimate of drug-likeness (QED) is 0.824. The van der Waals surface area contributed by atoms with Gasteiger partial charge in [0.2, 0.25) is 5.91 Å². The Morgan fingerprint density at radius 1 is 1.62 bits per heavy atom. The molecule has 0 aromatic carbocycles. The summed E-state index contributed by atoms with van der Waals surface area (Å²) in [6.45, 7) is 5.64. The molecule has 0 saturated heterocycles. The number of hydrogen-bond donors (Lipinski definition) is 1. The van der Waals surface area contributed by atoms with Crippen molar-refractivity contribution in [1.82, 2.24) is 9.78 Å². The summed E-state index contributed by atoms with van der Waals surface area (Å²) < 4.78 is 1.70. The largest absolute Gasteiger partial charge is 0.323 e. The van der Waals surface area contributed by atoms with Crippen LogP contribution in [0.15, 0.2) is 6.20 Å². The maximum absolute atomic E-state index is 11.9. The molecule has 90 valence electrons. The van der Waals surface area contributed by atoms with E-state index in [1.807, 2.05) is 27.8 Å². The Bertz CT molecular complexity index is 385. The van der Waals surface area contributed by atoms with Gasteiger partial charge in [0.1, 0.15) is 0 Å². The maximum Gasteiger partial charge on any atom is 0.231 e. The molecule has 0 radical (unpaired) electrons. The number of carbonyl (C=O) groups is 1. The second-order valence-corrected chi connectivity index (χ2v) is 4.76. The molecule has 5 heteroatoms. The number of aromatic nitrogens is 2. The number of aryl methyl sites for hydroxylation is 2. The van der Waals surface area contributed by atoms with Crippen LogP contribution in [0.1, 0.15) is 26.5 Å². The molecule has 1 rings (SSSR count). The smallest absolute Gasteiger partial charge is 0.231 e. The van der Waals surface area contributed by atoms with Gasteiger partial charge in [-0.25, -0.2) is 0 Å². The molecule has 16 heavy (non-hydrogen) atoms. The number of amides is 1. The Labute approximate surface area is 101 Å². The summed E-state index contributed by atoms with van der Waals surface area (Å²) in [6, 6.07) is 0. The first-order valence-electron chi connectivity index (χ1n) is 5.30. The Balaban J connectivity index is 2.84. The first-order valence-corrected chi connectivity index (χ1v) is 5.84. The summed E-state index contributed by atoms with van der Waals surface area (Å²) in [5.41, 5.74) is 1.09. The molecule has 0 aliphatic rings. The van der Waals surface area contributed by atoms with Gasteiger partial charge in [-0.05, 0) is 20.3 Å². The van der Waals surface area contributed by atoms with Crippen molar-refractivity contribution >= 4 is 23.2 Å². The number of rotatable bonds is 4. The van der Waals surface area contributed by atoms with Crippen molar-refractivity contribution in [3.05, 3.63) is 11.9 Å². The molecule has 1 aromatic rings. The Morgan fingerprint density at radius 2 is 2.25 bits per heavy atom. The summed E-state index contributed by atoms with van der Waals surface area (Å²) in [4.78, 5) is 11.9. The predicted octanol–water partition coefficient (Wildman–Crippen LogP) is 2.19. The lowest BCUT2D eigenvalue weighted by Crippen LogP contribution is -2.32. The number of carbonyl (C=O) groups excluding carboxylic acids is 1. The van der Waals surface area contributed by atoms with Crippen LogP contribution in [-0.2, 0) is 18.3 Å². The summed E-state index contributed by atoms with van der Waals surface area (Å²) in [5, 5.41) is 7.13. The van der Waals surface area contributed by atoms with E-state index in [-0.39, 0.29) is 5.91 Å². The summed E-state index contributed by atoms with van der Waals surface area (Å²) in [6.07, 6.45) is 2.60. The molecule has 4 nitrogen and oxygen atoms in total. The van der Waals surface area contributed by atoms with E-state index < -0.39 is 5.41 Å². The fourth-order valence-electron chi connectivity index (χ4n) is 1.25. The molecule has 0 fully saturated rings. The number of anilines is 1. The standard InChI is InChI=1S/C11H18ClN3O/c1-5-8-9(6-15(4)14-8)13-10(16)11(2,3)7-12/h6H,5,7H2,1-4H3,(H,13,16). The van der Waals surface area contributed by atoms with E-state index in [0.29, 0.717) is 5.88 Å². The van der Waals surface area contributed by atoms with Gasteiger partial charge in [-0.3, -0.25) is 9.48 Å². The maximum atomic E-state index is 11.9. The van der Waals surface area contributed by atoms with Gasteiger partial charge in [0, 0.05) is 19.1 Å². The highest BCUT2D eigenvalue weighted by atomic mass is 35.5. The highest BCUT2D eigenvalue weighted by Gasteiger charge is 2.27. The molecule has 0 aliphatic carbocycles. The zero-order valence-electron chi connectivity index (χ0n) is 10.2. The van der Waals surface area contributed by atoms with Gasteiger partial charge < -0.3 is 5.32 Å². The molecule has 1 N–H and O–H groups in total. The summed E-state index contributed by atoms with van der Waals surface area (Å²) in [5.74, 6) is 0.214. The normalized spacial score (nSPS) is 11.6. The third-order valence-electron chi connectivity index (χ3n) is 2.44. The second-order valence-electron chi connectivity index (χ2n) is 4.49. The van der Waals surface area contributed by atoms with Crippen LogP contribution in [0.3, 0.4) is 0 Å². The molecule has 0 spiro atoms. The van der Waals surface area contributed by atoms with Gasteiger partial charge in [0.15, 0.2) is 0 Å². The average molecular weight is 244 g/mol. The highest BCUT2D eigenvalue weighted by Crippen LogP contribution is 2.21. The minimum absolute atomic E-state index is 0.0785. The van der Waals surface area contributed by atoms with Gasteiger partial charge in [0.05, 0.1) is 16.8 Å². The number of hydrogen-bond acceptors (Lipinski definition) is 2. The van der Waals surface area contributed by atoms with Crippen molar-refractivity contribution in [2.45, 2.75) is 27.2 Å². The van der Waals surface area contributed by atoms with Crippen LogP contribution < -0.4 is 5.32 Å². The van der Waals surface area contributed by atoms with E-state index >= 15 is 0 Å². The minimum atomic E-state index is -0.567. The lowest BCUT2D eigenvalue weighted by Gasteiger charge is -2.19. The topological polar surface area (TPSA) is 46.9 Å². The van der Waals surface area contributed by atoms with Crippen LogP contribution >= 0.6 is 11.6 Å². The van der Waals surface area contributed by atoms with Crippen molar-refractivity contribution in [3.8, 4) is 0 Å². The molecule has 0 saturated carbocycles. The molecular weight excluding hydrogens is 226 g/mol. The van der Waals surface area contributed by atoms with Crippen LogP contribution in [0.25, 0.3) is 0 Å². The third-order valence-corrected chi connectivity index (χ3v) is 3.11. The number of nitrogens with one attached hydrogen (secondary N) is 1. The van der Waals surface area contributed by atoms with Gasteiger partial charge in [-0.1, -0.05) is 6.92 Å². The lowest BCUT2D eigenvalue weighted by atomic mass is 9.95. The third kappa shape index (κ3) is 2.76. The summed E-state index contributed by atoms with van der Waals surface area (Å²) in [7, 11) is 1.83. The Hall–Kier alpha value is -1.03. The predicted molar refractivity (Wildman–Crippen MR) is 65.7 cm³/mol. The van der Waals surface area contributed by atoms with E-state index in [1.54, 1.807) is 10.9 Å². The Kier molecular flexibility index (Phi) is 3.97. The number of alkyl halides is 1. The second kappa shape index (κ2) is 4.87. The van der Waals surface area contributed by atoms with Crippen LogP contribution in [0, 0.1) is 5.41 Å². The van der Waals surface area contributed by atoms with Crippen molar-refractivity contribution in [2.75, 3.05) is 11.2 Å². The monoisotopic (exact) mass is 243 g/mol. The van der Waals surface area contributed by atoms with Gasteiger partial charge in [0.25, 0.3) is 0 Å². The van der Waals surface area contributed by atoms with Crippen molar-refractivity contribution < 1.29 is 4.79 Å². The number of nitrogens with zero attached hydrogens (tertiary/aromatic N) is 2. The number of halogens is 1. The van der Waals surface area contributed by atoms with Crippen LogP contribution in [0.2, 0.25) is 0 Å². The molecule has 1 amide bonds. The van der Waals surface area contributed by atoms with E-state index in [0.717, 1.165) is 17.8 Å². The molecule has 0 unspecified atom stereocenters. The van der Waals surface area contributed by atoms with E-state index in [2.05, 4.69) is 10.4 Å². The fraction of sp³-hybridized carbons (Fsp3) is 0.636. The molecule has 0 aliphatic heterocycles. The van der Waals surface area contributed by atoms with Crippen LogP contribution in [0.4, 0.5) is 5.69 Å². The van der Waals surface area contributed by atoms with Gasteiger partial charge in [-0.15, -0.1) is 11.6 Å². The Morgan fingerprint density at radius 3 is 2.75 bits per heavy atom. The van der Waals surface area contributed by atoms with Gasteiger partial charge in [-0.2, -0.15) is 5.10 Å². The van der Waals surface area contributed by atoms with Crippen LogP contribution in [-0.4, -0.2) is 21.6 Å². The molecule has 0 atom stereocenters. The van der Waals surface area contributed by atoms with E-state index in [9.17, 15) is 4.79 Å². The molecular formula is C11H18ClN3O. The molecule has 1 heterocycles. The SMILES string of the molecule is CCc1nn(C)cc1NC(=O)C(C)(C)CCl. The fourth-order valence-corrected chi connectivity index (χ4v) is 1.37.